The van der Waals surface area contributed by atoms with Crippen molar-refractivity contribution in [2.24, 2.45) is 23.2 Å². The van der Waals surface area contributed by atoms with E-state index in [1.807, 2.05) is 20.8 Å². The monoisotopic (exact) mass is 414 g/mol. The van der Waals surface area contributed by atoms with Gasteiger partial charge in [-0.3, -0.25) is 4.79 Å². The van der Waals surface area contributed by atoms with Crippen LogP contribution < -0.4 is 0 Å². The Kier molecular flexibility index (Phi) is 7.14. The van der Waals surface area contributed by atoms with Crippen molar-refractivity contribution in [3.05, 3.63) is 34.9 Å². The maximum absolute atomic E-state index is 12.1. The molecule has 2 N–H and O–H groups in total. The van der Waals surface area contributed by atoms with E-state index in [-0.39, 0.29) is 12.2 Å². The summed E-state index contributed by atoms with van der Waals surface area (Å²) in [4.78, 5) is 12.1. The molecule has 0 aliphatic heterocycles. The normalized spacial score (nSPS) is 33.8. The smallest absolute Gasteiger partial charge is 0.161 e. The lowest BCUT2D eigenvalue weighted by molar-refractivity contribution is -0.117. The maximum Gasteiger partial charge on any atom is 0.161 e. The fraction of sp³-hybridized carbons (Fsp3) is 0.741. The lowest BCUT2D eigenvalue weighted by atomic mass is 9.62. The molecule has 168 valence electrons. The largest absolute Gasteiger partial charge is 0.392 e. The predicted octanol–water partition coefficient (Wildman–Crippen LogP) is 5.91. The van der Waals surface area contributed by atoms with Crippen molar-refractivity contribution >= 4 is 5.78 Å². The standard InChI is InChI=1S/C27H42O3/c1-18(8-6-14-26(3,4)30)23-12-13-24-20(9-7-15-27(23,24)5)10-11-21-16-22(28)17-25(29)19(21)2/h9-11,18,22-24,28,30H,6-8,12-17H2,1-5H3/b11-10-/t18-,22+,23-,24+,27-/m1/s1. The maximum atomic E-state index is 12.1. The molecule has 5 atom stereocenters. The van der Waals surface area contributed by atoms with E-state index in [0.717, 1.165) is 36.3 Å². The van der Waals surface area contributed by atoms with E-state index in [0.29, 0.717) is 23.7 Å². The van der Waals surface area contributed by atoms with E-state index >= 15 is 0 Å². The van der Waals surface area contributed by atoms with Crippen LogP contribution in [0.25, 0.3) is 0 Å². The van der Waals surface area contributed by atoms with Crippen LogP contribution in [-0.2, 0) is 4.79 Å². The Morgan fingerprint density at radius 3 is 2.70 bits per heavy atom. The summed E-state index contributed by atoms with van der Waals surface area (Å²) in [5.41, 5.74) is 3.03. The minimum absolute atomic E-state index is 0.0803. The Morgan fingerprint density at radius 1 is 1.27 bits per heavy atom. The molecule has 1 saturated carbocycles. The molecule has 0 amide bonds. The van der Waals surface area contributed by atoms with Crippen molar-refractivity contribution in [2.75, 3.05) is 0 Å². The number of rotatable bonds is 7. The Bertz CT molecular complexity index is 736. The van der Waals surface area contributed by atoms with Crippen molar-refractivity contribution in [1.29, 1.82) is 0 Å². The number of aliphatic hydroxyl groups is 2. The SMILES string of the molecule is CC1=C(/C=C\C2=CCC[C@]3(C)[C@@H]([C@H](C)CCCC(C)(C)O)CC[C@@H]23)C[C@H](O)CC1=O. The molecular formula is C27H42O3. The molecular weight excluding hydrogens is 372 g/mol. The number of fused-ring (bicyclic) bond motifs is 1. The Labute approximate surface area is 183 Å². The molecule has 3 aliphatic rings. The summed E-state index contributed by atoms with van der Waals surface area (Å²) in [6, 6.07) is 0. The second-order valence-corrected chi connectivity index (χ2v) is 11.1. The van der Waals surface area contributed by atoms with Crippen molar-refractivity contribution in [3.8, 4) is 0 Å². The van der Waals surface area contributed by atoms with Gasteiger partial charge >= 0.3 is 0 Å². The van der Waals surface area contributed by atoms with Gasteiger partial charge in [0, 0.05) is 6.42 Å². The zero-order valence-electron chi connectivity index (χ0n) is 19.7. The van der Waals surface area contributed by atoms with E-state index in [1.54, 1.807) is 0 Å². The van der Waals surface area contributed by atoms with Crippen molar-refractivity contribution in [1.82, 2.24) is 0 Å². The van der Waals surface area contributed by atoms with Crippen molar-refractivity contribution < 1.29 is 15.0 Å². The first-order valence-corrected chi connectivity index (χ1v) is 12.0. The van der Waals surface area contributed by atoms with Gasteiger partial charge in [0.2, 0.25) is 0 Å². The molecule has 30 heavy (non-hydrogen) atoms. The summed E-state index contributed by atoms with van der Waals surface area (Å²) in [6.07, 6.45) is 15.1. The average Bonchev–Trinajstić information content (AvgIpc) is 3.00. The number of hydrogen-bond donors (Lipinski definition) is 2. The van der Waals surface area contributed by atoms with Gasteiger partial charge in [-0.1, -0.05) is 44.9 Å². The Hall–Kier alpha value is -1.19. The van der Waals surface area contributed by atoms with Gasteiger partial charge in [-0.05, 0) is 99.2 Å². The highest BCUT2D eigenvalue weighted by molar-refractivity contribution is 5.97. The Balaban J connectivity index is 1.69. The number of aliphatic hydroxyl groups excluding tert-OH is 1. The quantitative estimate of drug-likeness (QED) is 0.544. The lowest BCUT2D eigenvalue weighted by Crippen LogP contribution is -2.35. The summed E-state index contributed by atoms with van der Waals surface area (Å²) in [7, 11) is 0. The summed E-state index contributed by atoms with van der Waals surface area (Å²) in [6.45, 7) is 10.6. The molecule has 0 bridgehead atoms. The highest BCUT2D eigenvalue weighted by Crippen LogP contribution is 2.58. The van der Waals surface area contributed by atoms with Crippen LogP contribution in [0.2, 0.25) is 0 Å². The van der Waals surface area contributed by atoms with E-state index in [2.05, 4.69) is 32.1 Å². The molecule has 0 aromatic heterocycles. The van der Waals surface area contributed by atoms with Crippen LogP contribution in [0, 0.1) is 23.2 Å². The number of allylic oxidation sites excluding steroid dienone is 5. The topological polar surface area (TPSA) is 57.5 Å². The molecule has 1 fully saturated rings. The van der Waals surface area contributed by atoms with Crippen LogP contribution in [-0.4, -0.2) is 27.7 Å². The molecule has 0 radical (unpaired) electrons. The van der Waals surface area contributed by atoms with Gasteiger partial charge in [-0.15, -0.1) is 0 Å². The van der Waals surface area contributed by atoms with Gasteiger partial charge < -0.3 is 10.2 Å². The molecule has 3 nitrogen and oxygen atoms in total. The van der Waals surface area contributed by atoms with Crippen LogP contribution in [0.4, 0.5) is 0 Å². The third-order valence-electron chi connectivity index (χ3n) is 8.26. The fourth-order valence-corrected chi connectivity index (χ4v) is 6.45. The molecule has 0 aromatic carbocycles. The number of ketones is 1. The summed E-state index contributed by atoms with van der Waals surface area (Å²) in [5.74, 6) is 2.09. The summed E-state index contributed by atoms with van der Waals surface area (Å²) < 4.78 is 0. The number of carbonyl (C=O) groups is 1. The zero-order chi connectivity index (χ0) is 22.1. The second-order valence-electron chi connectivity index (χ2n) is 11.1. The highest BCUT2D eigenvalue weighted by Gasteiger charge is 2.49. The van der Waals surface area contributed by atoms with Gasteiger partial charge in [0.25, 0.3) is 0 Å². The summed E-state index contributed by atoms with van der Waals surface area (Å²) in [5, 5.41) is 20.0. The first kappa shape index (κ1) is 23.5. The number of hydrogen-bond acceptors (Lipinski definition) is 3. The lowest BCUT2D eigenvalue weighted by Gasteiger charge is -2.43. The highest BCUT2D eigenvalue weighted by atomic mass is 16.3. The molecule has 3 heteroatoms. The van der Waals surface area contributed by atoms with Crippen LogP contribution in [0.15, 0.2) is 34.9 Å². The Morgan fingerprint density at radius 2 is 2.00 bits per heavy atom. The van der Waals surface area contributed by atoms with Gasteiger partial charge in [0.15, 0.2) is 5.78 Å². The van der Waals surface area contributed by atoms with Crippen LogP contribution in [0.5, 0.6) is 0 Å². The average molecular weight is 415 g/mol. The molecule has 0 aromatic rings. The van der Waals surface area contributed by atoms with Gasteiger partial charge in [0.1, 0.15) is 0 Å². The predicted molar refractivity (Wildman–Crippen MR) is 123 cm³/mol. The number of carbonyl (C=O) groups excluding carboxylic acids is 1. The summed E-state index contributed by atoms with van der Waals surface area (Å²) >= 11 is 0. The molecule has 0 unspecified atom stereocenters. The van der Waals surface area contributed by atoms with Gasteiger partial charge in [0.05, 0.1) is 11.7 Å². The van der Waals surface area contributed by atoms with Gasteiger partial charge in [-0.25, -0.2) is 0 Å². The van der Waals surface area contributed by atoms with Gasteiger partial charge in [-0.2, -0.15) is 0 Å². The van der Waals surface area contributed by atoms with Crippen molar-refractivity contribution in [2.45, 2.75) is 104 Å². The third kappa shape index (κ3) is 5.16. The third-order valence-corrected chi connectivity index (χ3v) is 8.26. The minimum atomic E-state index is -0.561. The van der Waals surface area contributed by atoms with Crippen LogP contribution in [0.3, 0.4) is 0 Å². The van der Waals surface area contributed by atoms with E-state index in [4.69, 9.17) is 0 Å². The number of Topliss-reactive ketones (excluding diaryl/α,β-unsaturated/α-hetero) is 1. The second kappa shape index (κ2) is 9.12. The zero-order valence-corrected chi connectivity index (χ0v) is 19.7. The first-order valence-electron chi connectivity index (χ1n) is 12.0. The van der Waals surface area contributed by atoms with Crippen LogP contribution in [0.1, 0.15) is 92.4 Å². The minimum Gasteiger partial charge on any atom is -0.392 e. The molecule has 0 saturated heterocycles. The molecule has 0 heterocycles. The molecule has 0 spiro atoms. The van der Waals surface area contributed by atoms with E-state index in [9.17, 15) is 15.0 Å². The first-order chi connectivity index (χ1) is 14.0. The fourth-order valence-electron chi connectivity index (χ4n) is 6.45. The van der Waals surface area contributed by atoms with Crippen molar-refractivity contribution in [3.63, 3.8) is 0 Å². The van der Waals surface area contributed by atoms with E-state index in [1.165, 1.54) is 31.3 Å². The van der Waals surface area contributed by atoms with E-state index < -0.39 is 11.7 Å². The molecule has 3 aliphatic carbocycles. The molecule has 3 rings (SSSR count). The van der Waals surface area contributed by atoms with Crippen LogP contribution >= 0.6 is 0 Å².